The first-order chi connectivity index (χ1) is 11.1. The van der Waals surface area contributed by atoms with Crippen molar-refractivity contribution in [1.29, 1.82) is 0 Å². The van der Waals surface area contributed by atoms with Gasteiger partial charge in [0.2, 0.25) is 6.54 Å². The normalized spacial score (nSPS) is 13.1. The lowest BCUT2D eigenvalue weighted by Crippen LogP contribution is -2.43. The van der Waals surface area contributed by atoms with E-state index >= 15 is 0 Å². The average Bonchev–Trinajstić information content (AvgIpc) is 2.46. The van der Waals surface area contributed by atoms with Crippen molar-refractivity contribution in [2.45, 2.75) is 64.1 Å². The second-order valence-corrected chi connectivity index (χ2v) is 13.3. The van der Waals surface area contributed by atoms with Gasteiger partial charge in [0.05, 0.1) is 0 Å². The zero-order valence-corrected chi connectivity index (χ0v) is 17.2. The molecule has 1 rings (SSSR count). The second-order valence-electron chi connectivity index (χ2n) is 7.29. The molecule has 0 radical (unpaired) electrons. The highest BCUT2D eigenvalue weighted by Crippen LogP contribution is 2.41. The van der Waals surface area contributed by atoms with Gasteiger partial charge in [0.25, 0.3) is 0 Å². The van der Waals surface area contributed by atoms with E-state index in [-0.39, 0.29) is 17.4 Å². The minimum Gasteiger partial charge on any atom is -0.264 e. The summed E-state index contributed by atoms with van der Waals surface area (Å²) in [7, 11) is -1.89. The van der Waals surface area contributed by atoms with Gasteiger partial charge in [-0.05, 0) is 34.3 Å². The molecule has 0 saturated carbocycles. The van der Waals surface area contributed by atoms with Crippen LogP contribution < -0.4 is 0 Å². The minimum absolute atomic E-state index is 0.173. The van der Waals surface area contributed by atoms with Gasteiger partial charge >= 0.3 is 0 Å². The molecule has 0 aliphatic rings. The molecule has 0 amide bonds. The van der Waals surface area contributed by atoms with Crippen LogP contribution in [0.2, 0.25) is 21.6 Å². The Labute approximate surface area is 152 Å². The highest BCUT2D eigenvalue weighted by Gasteiger charge is 2.41. The van der Waals surface area contributed by atoms with Crippen molar-refractivity contribution in [2.75, 3.05) is 6.54 Å². The molecule has 0 bridgehead atoms. The SMILES string of the molecule is CC(C)[Si](C#C[C@H](C[N+](=O)[O-])c1ccc(Cl)cc1)(C(C)C)C(C)C. The van der Waals surface area contributed by atoms with Crippen molar-refractivity contribution in [3.05, 3.63) is 45.0 Å². The van der Waals surface area contributed by atoms with Gasteiger partial charge < -0.3 is 0 Å². The van der Waals surface area contributed by atoms with Crippen LogP contribution in [-0.4, -0.2) is 19.5 Å². The van der Waals surface area contributed by atoms with Crippen LogP contribution in [0.25, 0.3) is 0 Å². The van der Waals surface area contributed by atoms with Crippen LogP contribution in [0.1, 0.15) is 53.0 Å². The Kier molecular flexibility index (Phi) is 7.50. The first kappa shape index (κ1) is 20.7. The third kappa shape index (κ3) is 4.84. The topological polar surface area (TPSA) is 43.1 Å². The molecule has 0 spiro atoms. The molecule has 1 aromatic rings. The largest absolute Gasteiger partial charge is 0.264 e. The van der Waals surface area contributed by atoms with E-state index in [0.29, 0.717) is 21.6 Å². The van der Waals surface area contributed by atoms with Crippen molar-refractivity contribution in [3.63, 3.8) is 0 Å². The molecule has 5 heteroatoms. The van der Waals surface area contributed by atoms with Gasteiger partial charge in [-0.3, -0.25) is 10.1 Å². The molecular formula is C19H28ClNO2Si. The highest BCUT2D eigenvalue weighted by molar-refractivity contribution is 6.90. The zero-order valence-electron chi connectivity index (χ0n) is 15.5. The third-order valence-electron chi connectivity index (χ3n) is 4.93. The third-order valence-corrected chi connectivity index (χ3v) is 11.5. The molecule has 1 atom stereocenters. The van der Waals surface area contributed by atoms with E-state index < -0.39 is 8.07 Å². The van der Waals surface area contributed by atoms with Crippen LogP contribution in [0.4, 0.5) is 0 Å². The summed E-state index contributed by atoms with van der Waals surface area (Å²) in [6.07, 6.45) is 0. The van der Waals surface area contributed by atoms with E-state index in [2.05, 4.69) is 53.0 Å². The Hall–Kier alpha value is -1.31. The first-order valence-electron chi connectivity index (χ1n) is 8.51. The lowest BCUT2D eigenvalue weighted by Gasteiger charge is -2.38. The van der Waals surface area contributed by atoms with Gasteiger partial charge in [0.15, 0.2) is 0 Å². The van der Waals surface area contributed by atoms with Crippen LogP contribution in [0, 0.1) is 21.6 Å². The van der Waals surface area contributed by atoms with E-state index in [9.17, 15) is 10.1 Å². The van der Waals surface area contributed by atoms with Gasteiger partial charge in [-0.1, -0.05) is 71.2 Å². The lowest BCUT2D eigenvalue weighted by atomic mass is 10.0. The van der Waals surface area contributed by atoms with Crippen molar-refractivity contribution in [2.24, 2.45) is 0 Å². The fourth-order valence-corrected chi connectivity index (χ4v) is 9.14. The van der Waals surface area contributed by atoms with E-state index in [1.54, 1.807) is 12.1 Å². The lowest BCUT2D eigenvalue weighted by molar-refractivity contribution is -0.481. The molecule has 24 heavy (non-hydrogen) atoms. The number of rotatable bonds is 6. The number of halogens is 1. The second kappa shape index (κ2) is 8.69. The molecule has 0 aliphatic heterocycles. The molecule has 3 nitrogen and oxygen atoms in total. The molecule has 0 aromatic heterocycles. The first-order valence-corrected chi connectivity index (χ1v) is 11.1. The molecule has 132 valence electrons. The van der Waals surface area contributed by atoms with E-state index in [0.717, 1.165) is 5.56 Å². The van der Waals surface area contributed by atoms with E-state index in [4.69, 9.17) is 11.6 Å². The number of nitrogens with zero attached hydrogens (tertiary/aromatic N) is 1. The van der Waals surface area contributed by atoms with Crippen LogP contribution in [0.3, 0.4) is 0 Å². The summed E-state index contributed by atoms with van der Waals surface area (Å²) in [5, 5.41) is 11.7. The monoisotopic (exact) mass is 365 g/mol. The van der Waals surface area contributed by atoms with Crippen LogP contribution in [-0.2, 0) is 0 Å². The van der Waals surface area contributed by atoms with Gasteiger partial charge in [0.1, 0.15) is 14.0 Å². The number of hydrogen-bond acceptors (Lipinski definition) is 2. The van der Waals surface area contributed by atoms with Crippen molar-refractivity contribution < 1.29 is 4.92 Å². The summed E-state index contributed by atoms with van der Waals surface area (Å²) in [6.45, 7) is 13.3. The van der Waals surface area contributed by atoms with Crippen LogP contribution in [0.5, 0.6) is 0 Å². The van der Waals surface area contributed by atoms with Crippen LogP contribution in [0.15, 0.2) is 24.3 Å². The predicted octanol–water partition coefficient (Wildman–Crippen LogP) is 5.92. The summed E-state index contributed by atoms with van der Waals surface area (Å²) in [5.41, 5.74) is 5.98. The highest BCUT2D eigenvalue weighted by atomic mass is 35.5. The predicted molar refractivity (Wildman–Crippen MR) is 105 cm³/mol. The Bertz CT molecular complexity index is 593. The summed E-state index contributed by atoms with van der Waals surface area (Å²) in [5.74, 6) is 2.91. The molecule has 0 N–H and O–H groups in total. The number of benzene rings is 1. The summed E-state index contributed by atoms with van der Waals surface area (Å²) >= 11 is 5.93. The Morgan fingerprint density at radius 1 is 1.04 bits per heavy atom. The summed E-state index contributed by atoms with van der Waals surface area (Å²) in [4.78, 5) is 10.8. The molecule has 0 saturated heterocycles. The quantitative estimate of drug-likeness (QED) is 0.271. The van der Waals surface area contributed by atoms with Crippen LogP contribution >= 0.6 is 11.6 Å². The molecule has 1 aromatic carbocycles. The zero-order chi connectivity index (χ0) is 18.5. The summed E-state index contributed by atoms with van der Waals surface area (Å²) in [6, 6.07) is 7.22. The van der Waals surface area contributed by atoms with Gasteiger partial charge in [0, 0.05) is 9.95 Å². The van der Waals surface area contributed by atoms with Crippen molar-refractivity contribution >= 4 is 19.7 Å². The Balaban J connectivity index is 3.33. The maximum Gasteiger partial charge on any atom is 0.221 e. The maximum atomic E-state index is 11.1. The molecule has 0 unspecified atom stereocenters. The van der Waals surface area contributed by atoms with Gasteiger partial charge in [-0.2, -0.15) is 0 Å². The van der Waals surface area contributed by atoms with E-state index in [1.807, 2.05) is 12.1 Å². The Morgan fingerprint density at radius 3 is 1.88 bits per heavy atom. The molecular weight excluding hydrogens is 338 g/mol. The van der Waals surface area contributed by atoms with Gasteiger partial charge in [-0.25, -0.2) is 0 Å². The standard InChI is InChI=1S/C19H28ClNO2Si/c1-14(2)24(15(3)4,16(5)6)12-11-18(13-21(22)23)17-7-9-19(20)10-8-17/h7-10,14-16,18H,13H2,1-6H3/t18-/m1/s1. The Morgan fingerprint density at radius 2 is 1.50 bits per heavy atom. The fraction of sp³-hybridized carbons (Fsp3) is 0.579. The molecule has 0 heterocycles. The van der Waals surface area contributed by atoms with Crippen molar-refractivity contribution in [3.8, 4) is 11.5 Å². The fourth-order valence-electron chi connectivity index (χ4n) is 3.72. The smallest absolute Gasteiger partial charge is 0.221 e. The molecule has 0 fully saturated rings. The average molecular weight is 366 g/mol. The minimum atomic E-state index is -1.89. The maximum absolute atomic E-state index is 11.1. The summed E-state index contributed by atoms with van der Waals surface area (Å²) < 4.78 is 0. The van der Waals surface area contributed by atoms with E-state index in [1.165, 1.54) is 0 Å². The number of hydrogen-bond donors (Lipinski definition) is 0. The molecule has 0 aliphatic carbocycles. The van der Waals surface area contributed by atoms with Gasteiger partial charge in [-0.15, -0.1) is 5.54 Å². The van der Waals surface area contributed by atoms with Crippen molar-refractivity contribution in [1.82, 2.24) is 0 Å². The number of nitro groups is 1.